The molecule has 0 atom stereocenters. The van der Waals surface area contributed by atoms with Crippen LogP contribution in [0.2, 0.25) is 0 Å². The Kier molecular flexibility index (Phi) is 2.88. The zero-order valence-corrected chi connectivity index (χ0v) is 8.92. The van der Waals surface area contributed by atoms with Gasteiger partial charge in [-0.15, -0.1) is 0 Å². The summed E-state index contributed by atoms with van der Waals surface area (Å²) in [6.45, 7) is 0.676. The van der Waals surface area contributed by atoms with Gasteiger partial charge in [-0.3, -0.25) is 4.68 Å². The van der Waals surface area contributed by atoms with Gasteiger partial charge in [-0.1, -0.05) is 6.07 Å². The van der Waals surface area contributed by atoms with Crippen molar-refractivity contribution in [2.24, 2.45) is 0 Å². The van der Waals surface area contributed by atoms with Gasteiger partial charge in [-0.25, -0.2) is 0 Å². The van der Waals surface area contributed by atoms with Gasteiger partial charge in [0, 0.05) is 12.4 Å². The number of ether oxygens (including phenoxy) is 1. The number of hydrogen-bond donors (Lipinski definition) is 0. The highest BCUT2D eigenvalue weighted by atomic mass is 16.5. The summed E-state index contributed by atoms with van der Waals surface area (Å²) in [5, 5.41) is 13.0. The summed E-state index contributed by atoms with van der Waals surface area (Å²) in [7, 11) is 1.56. The quantitative estimate of drug-likeness (QED) is 0.781. The van der Waals surface area contributed by atoms with Crippen LogP contribution in [0.4, 0.5) is 0 Å². The van der Waals surface area contributed by atoms with E-state index in [1.54, 1.807) is 19.4 Å². The number of nitriles is 1. The van der Waals surface area contributed by atoms with Gasteiger partial charge in [0.05, 0.1) is 19.2 Å². The lowest BCUT2D eigenvalue weighted by atomic mass is 10.1. The first-order chi connectivity index (χ1) is 7.83. The molecule has 0 unspecified atom stereocenters. The van der Waals surface area contributed by atoms with Crippen LogP contribution in [0.1, 0.15) is 11.1 Å². The van der Waals surface area contributed by atoms with Crippen LogP contribution in [0.15, 0.2) is 36.7 Å². The summed E-state index contributed by atoms with van der Waals surface area (Å²) in [6.07, 6.45) is 3.63. The fraction of sp³-hybridized carbons (Fsp3) is 0.167. The molecular weight excluding hydrogens is 202 g/mol. The van der Waals surface area contributed by atoms with E-state index in [-0.39, 0.29) is 0 Å². The van der Waals surface area contributed by atoms with Crippen LogP contribution in [0, 0.1) is 11.3 Å². The van der Waals surface area contributed by atoms with Crippen molar-refractivity contribution in [1.29, 1.82) is 5.26 Å². The van der Waals surface area contributed by atoms with E-state index < -0.39 is 0 Å². The molecule has 1 aromatic carbocycles. The minimum absolute atomic E-state index is 0.548. The van der Waals surface area contributed by atoms with Gasteiger partial charge >= 0.3 is 0 Å². The van der Waals surface area contributed by atoms with E-state index in [4.69, 9.17) is 10.00 Å². The number of nitrogens with zero attached hydrogens (tertiary/aromatic N) is 3. The first kappa shape index (κ1) is 10.2. The van der Waals surface area contributed by atoms with Crippen LogP contribution < -0.4 is 4.74 Å². The van der Waals surface area contributed by atoms with E-state index >= 15 is 0 Å². The fourth-order valence-electron chi connectivity index (χ4n) is 1.51. The third-order valence-electron chi connectivity index (χ3n) is 2.29. The van der Waals surface area contributed by atoms with Crippen molar-refractivity contribution in [2.75, 3.05) is 7.11 Å². The Hall–Kier alpha value is -2.28. The molecule has 0 saturated heterocycles. The Bertz CT molecular complexity index is 512. The van der Waals surface area contributed by atoms with Gasteiger partial charge in [0.2, 0.25) is 0 Å². The average Bonchev–Trinajstić information content (AvgIpc) is 2.81. The monoisotopic (exact) mass is 213 g/mol. The van der Waals surface area contributed by atoms with E-state index in [2.05, 4.69) is 11.2 Å². The molecule has 0 spiro atoms. The molecule has 4 heteroatoms. The zero-order valence-electron chi connectivity index (χ0n) is 8.92. The number of methoxy groups -OCH3 is 1. The molecule has 1 aromatic heterocycles. The molecule has 1 heterocycles. The third kappa shape index (κ3) is 2.04. The number of benzene rings is 1. The highest BCUT2D eigenvalue weighted by Gasteiger charge is 2.03. The molecule has 0 amide bonds. The minimum atomic E-state index is 0.548. The molecule has 0 fully saturated rings. The normalized spacial score (nSPS) is 9.75. The molecule has 80 valence electrons. The predicted octanol–water partition coefficient (Wildman–Crippen LogP) is 1.81. The van der Waals surface area contributed by atoms with Crippen molar-refractivity contribution in [3.05, 3.63) is 47.8 Å². The molecule has 2 rings (SSSR count). The molecule has 0 radical (unpaired) electrons. The Balaban J connectivity index is 2.27. The maximum absolute atomic E-state index is 8.85. The first-order valence-electron chi connectivity index (χ1n) is 4.88. The van der Waals surface area contributed by atoms with E-state index in [0.29, 0.717) is 17.9 Å². The summed E-state index contributed by atoms with van der Waals surface area (Å²) < 4.78 is 6.96. The lowest BCUT2D eigenvalue weighted by Gasteiger charge is -2.06. The molecule has 0 saturated carbocycles. The van der Waals surface area contributed by atoms with Gasteiger partial charge in [0.15, 0.2) is 0 Å². The standard InChI is InChI=1S/C12H11N3O/c1-16-12-7-10(3-4-11(12)8-13)9-15-6-2-5-14-15/h2-7H,9H2,1H3. The molecule has 0 aliphatic rings. The van der Waals surface area contributed by atoms with Crippen molar-refractivity contribution in [3.8, 4) is 11.8 Å². The maximum Gasteiger partial charge on any atom is 0.136 e. The van der Waals surface area contributed by atoms with E-state index in [9.17, 15) is 0 Å². The smallest absolute Gasteiger partial charge is 0.136 e. The topological polar surface area (TPSA) is 50.8 Å². The van der Waals surface area contributed by atoms with Gasteiger partial charge < -0.3 is 4.74 Å². The second-order valence-electron chi connectivity index (χ2n) is 3.35. The van der Waals surface area contributed by atoms with Gasteiger partial charge in [-0.2, -0.15) is 10.4 Å². The van der Waals surface area contributed by atoms with Gasteiger partial charge in [0.25, 0.3) is 0 Å². The minimum Gasteiger partial charge on any atom is -0.495 e. The second kappa shape index (κ2) is 4.49. The van der Waals surface area contributed by atoms with E-state index in [1.807, 2.05) is 29.1 Å². The first-order valence-corrected chi connectivity index (χ1v) is 4.88. The summed E-state index contributed by atoms with van der Waals surface area (Å²) in [5.41, 5.74) is 1.60. The van der Waals surface area contributed by atoms with Crippen molar-refractivity contribution in [1.82, 2.24) is 9.78 Å². The molecule has 0 bridgehead atoms. The van der Waals surface area contributed by atoms with Crippen molar-refractivity contribution < 1.29 is 4.74 Å². The van der Waals surface area contributed by atoms with Crippen molar-refractivity contribution in [3.63, 3.8) is 0 Å². The average molecular weight is 213 g/mol. The SMILES string of the molecule is COc1cc(Cn2cccn2)ccc1C#N. The van der Waals surface area contributed by atoms with Crippen molar-refractivity contribution >= 4 is 0 Å². The molecule has 0 aliphatic carbocycles. The summed E-state index contributed by atoms with van der Waals surface area (Å²) in [6, 6.07) is 9.49. The zero-order chi connectivity index (χ0) is 11.4. The lowest BCUT2D eigenvalue weighted by molar-refractivity contribution is 0.412. The molecule has 0 aliphatic heterocycles. The Morgan fingerprint density at radius 3 is 3.00 bits per heavy atom. The molecular formula is C12H11N3O. The molecule has 16 heavy (non-hydrogen) atoms. The van der Waals surface area contributed by atoms with Crippen LogP contribution in [-0.4, -0.2) is 16.9 Å². The Morgan fingerprint density at radius 1 is 1.50 bits per heavy atom. The van der Waals surface area contributed by atoms with Gasteiger partial charge in [-0.05, 0) is 23.8 Å². The summed E-state index contributed by atoms with van der Waals surface area (Å²) >= 11 is 0. The lowest BCUT2D eigenvalue weighted by Crippen LogP contribution is -2.00. The Labute approximate surface area is 93.7 Å². The van der Waals surface area contributed by atoms with Crippen LogP contribution in [-0.2, 0) is 6.54 Å². The highest BCUT2D eigenvalue weighted by Crippen LogP contribution is 2.19. The molecule has 4 nitrogen and oxygen atoms in total. The molecule has 0 N–H and O–H groups in total. The van der Waals surface area contributed by atoms with E-state index in [0.717, 1.165) is 5.56 Å². The fourth-order valence-corrected chi connectivity index (χ4v) is 1.51. The van der Waals surface area contributed by atoms with E-state index in [1.165, 1.54) is 0 Å². The van der Waals surface area contributed by atoms with Crippen LogP contribution >= 0.6 is 0 Å². The maximum atomic E-state index is 8.85. The second-order valence-corrected chi connectivity index (χ2v) is 3.35. The number of hydrogen-bond acceptors (Lipinski definition) is 3. The largest absolute Gasteiger partial charge is 0.495 e. The van der Waals surface area contributed by atoms with Crippen LogP contribution in [0.3, 0.4) is 0 Å². The Morgan fingerprint density at radius 2 is 2.38 bits per heavy atom. The van der Waals surface area contributed by atoms with Gasteiger partial charge in [0.1, 0.15) is 11.8 Å². The van der Waals surface area contributed by atoms with Crippen LogP contribution in [0.5, 0.6) is 5.75 Å². The third-order valence-corrected chi connectivity index (χ3v) is 2.29. The summed E-state index contributed by atoms with van der Waals surface area (Å²) in [5.74, 6) is 0.604. The summed E-state index contributed by atoms with van der Waals surface area (Å²) in [4.78, 5) is 0. The highest BCUT2D eigenvalue weighted by molar-refractivity contribution is 5.45. The predicted molar refractivity (Wildman–Crippen MR) is 59.0 cm³/mol. The number of rotatable bonds is 3. The van der Waals surface area contributed by atoms with Crippen LogP contribution in [0.25, 0.3) is 0 Å². The molecule has 2 aromatic rings. The number of aromatic nitrogens is 2. The van der Waals surface area contributed by atoms with Crippen molar-refractivity contribution in [2.45, 2.75) is 6.54 Å².